The first kappa shape index (κ1) is 18.2. The highest BCUT2D eigenvalue weighted by Gasteiger charge is 2.40. The number of benzene rings is 1. The molecule has 2 aromatic rings. The van der Waals surface area contributed by atoms with Crippen LogP contribution in [0.5, 0.6) is 5.88 Å². The first-order chi connectivity index (χ1) is 12.3. The van der Waals surface area contributed by atoms with Gasteiger partial charge in [-0.25, -0.2) is 4.68 Å². The van der Waals surface area contributed by atoms with Gasteiger partial charge < -0.3 is 15.4 Å². The van der Waals surface area contributed by atoms with E-state index in [2.05, 4.69) is 5.10 Å². The quantitative estimate of drug-likeness (QED) is 0.841. The molecule has 26 heavy (non-hydrogen) atoms. The van der Waals surface area contributed by atoms with E-state index in [1.165, 1.54) is 9.58 Å². The number of amides is 1. The summed E-state index contributed by atoms with van der Waals surface area (Å²) in [5, 5.41) is 3.74. The van der Waals surface area contributed by atoms with Crippen LogP contribution in [0.1, 0.15) is 33.6 Å². The average molecular weight is 368 g/mol. The molecule has 1 aromatic heterocycles. The molecule has 0 unspecified atom stereocenters. The molecule has 2 N–H and O–H groups in total. The van der Waals surface area contributed by atoms with Gasteiger partial charge in [0, 0.05) is 18.2 Å². The topological polar surface area (TPSA) is 73.4 Å². The number of nitrogens with two attached hydrogens (primary N) is 1. The van der Waals surface area contributed by atoms with Crippen molar-refractivity contribution in [3.05, 3.63) is 46.6 Å². The van der Waals surface area contributed by atoms with Crippen LogP contribution < -0.4 is 10.5 Å². The summed E-state index contributed by atoms with van der Waals surface area (Å²) in [5.74, 6) is -0.108. The Morgan fingerprint density at radius 3 is 2.88 bits per heavy atom. The van der Waals surface area contributed by atoms with Crippen LogP contribution in [-0.2, 0) is 19.1 Å². The van der Waals surface area contributed by atoms with Crippen molar-refractivity contribution in [3.63, 3.8) is 0 Å². The lowest BCUT2D eigenvalue weighted by Crippen LogP contribution is -2.32. The molecule has 9 heteroatoms. The summed E-state index contributed by atoms with van der Waals surface area (Å²) in [6.45, 7) is 0.500. The lowest BCUT2D eigenvalue weighted by molar-refractivity contribution is -0.142. The highest BCUT2D eigenvalue weighted by molar-refractivity contribution is 5.94. The smallest absolute Gasteiger partial charge is 0.435 e. The maximum Gasteiger partial charge on any atom is 0.435 e. The number of carbonyl (C=O) groups excluding carboxylic acids is 1. The Balaban J connectivity index is 1.92. The minimum Gasteiger partial charge on any atom is -0.478 e. The summed E-state index contributed by atoms with van der Waals surface area (Å²) in [6, 6.07) is 6.66. The predicted octanol–water partition coefficient (Wildman–Crippen LogP) is 2.26. The van der Waals surface area contributed by atoms with Crippen molar-refractivity contribution in [1.82, 2.24) is 14.7 Å². The average Bonchev–Trinajstić information content (AvgIpc) is 3.00. The molecule has 2 heterocycles. The van der Waals surface area contributed by atoms with Crippen molar-refractivity contribution in [2.75, 3.05) is 20.3 Å². The second-order valence-electron chi connectivity index (χ2n) is 6.13. The Morgan fingerprint density at radius 1 is 1.42 bits per heavy atom. The van der Waals surface area contributed by atoms with Crippen LogP contribution in [0.2, 0.25) is 0 Å². The van der Waals surface area contributed by atoms with E-state index in [1.54, 1.807) is 31.3 Å². The van der Waals surface area contributed by atoms with Gasteiger partial charge >= 0.3 is 6.18 Å². The lowest BCUT2D eigenvalue weighted by Gasteiger charge is -2.17. The van der Waals surface area contributed by atoms with E-state index >= 15 is 0 Å². The third kappa shape index (κ3) is 3.52. The SMILES string of the molecule is CN(CN)C(=O)c1cccc(Cn2nc(C(F)(F)F)c3c2OCCC3)c1. The normalized spacial score (nSPS) is 13.9. The Kier molecular flexibility index (Phi) is 4.90. The Labute approximate surface area is 148 Å². The molecule has 140 valence electrons. The van der Waals surface area contributed by atoms with Gasteiger partial charge in [-0.15, -0.1) is 0 Å². The van der Waals surface area contributed by atoms with E-state index in [4.69, 9.17) is 10.5 Å². The number of hydrogen-bond acceptors (Lipinski definition) is 4. The van der Waals surface area contributed by atoms with Crippen molar-refractivity contribution in [2.45, 2.75) is 25.6 Å². The highest BCUT2D eigenvalue weighted by Crippen LogP contribution is 2.38. The first-order valence-electron chi connectivity index (χ1n) is 8.15. The van der Waals surface area contributed by atoms with Crippen LogP contribution >= 0.6 is 0 Å². The standard InChI is InChI=1S/C17H19F3N4O2/c1-23(10-21)15(25)12-5-2-4-11(8-12)9-24-16-13(6-3-7-26-16)14(22-24)17(18,19)20/h2,4-5,8H,3,6-7,9-10,21H2,1H3. The summed E-state index contributed by atoms with van der Waals surface area (Å²) < 4.78 is 46.4. The van der Waals surface area contributed by atoms with Crippen LogP contribution in [-0.4, -0.2) is 40.9 Å². The zero-order chi connectivity index (χ0) is 18.9. The third-order valence-corrected chi connectivity index (χ3v) is 4.20. The number of aromatic nitrogens is 2. The van der Waals surface area contributed by atoms with Crippen LogP contribution in [0.3, 0.4) is 0 Å². The van der Waals surface area contributed by atoms with Crippen molar-refractivity contribution in [2.24, 2.45) is 5.73 Å². The van der Waals surface area contributed by atoms with E-state index < -0.39 is 11.9 Å². The van der Waals surface area contributed by atoms with Gasteiger partial charge in [-0.05, 0) is 30.5 Å². The molecule has 1 aromatic carbocycles. The number of rotatable bonds is 4. The molecule has 0 spiro atoms. The van der Waals surface area contributed by atoms with Crippen LogP contribution in [0.4, 0.5) is 13.2 Å². The summed E-state index contributed by atoms with van der Waals surface area (Å²) in [7, 11) is 1.57. The zero-order valence-electron chi connectivity index (χ0n) is 14.2. The molecule has 3 rings (SSSR count). The molecule has 0 bridgehead atoms. The Morgan fingerprint density at radius 2 is 2.19 bits per heavy atom. The molecule has 0 aliphatic carbocycles. The van der Waals surface area contributed by atoms with Crippen molar-refractivity contribution in [3.8, 4) is 5.88 Å². The number of carbonyl (C=O) groups is 1. The van der Waals surface area contributed by atoms with Crippen molar-refractivity contribution < 1.29 is 22.7 Å². The van der Waals surface area contributed by atoms with Gasteiger partial charge in [-0.1, -0.05) is 12.1 Å². The van der Waals surface area contributed by atoms with Gasteiger partial charge in [-0.3, -0.25) is 4.79 Å². The molecule has 0 atom stereocenters. The second kappa shape index (κ2) is 6.99. The van der Waals surface area contributed by atoms with Crippen LogP contribution in [0.25, 0.3) is 0 Å². The first-order valence-corrected chi connectivity index (χ1v) is 8.15. The molecule has 1 aliphatic heterocycles. The molecule has 0 saturated heterocycles. The molecule has 0 saturated carbocycles. The van der Waals surface area contributed by atoms with Crippen LogP contribution in [0, 0.1) is 0 Å². The van der Waals surface area contributed by atoms with E-state index in [0.29, 0.717) is 24.2 Å². The van der Waals surface area contributed by atoms with Gasteiger partial charge in [0.15, 0.2) is 5.69 Å². The largest absolute Gasteiger partial charge is 0.478 e. The zero-order valence-corrected chi connectivity index (χ0v) is 14.2. The third-order valence-electron chi connectivity index (χ3n) is 4.20. The van der Waals surface area contributed by atoms with Gasteiger partial charge in [0.05, 0.1) is 19.8 Å². The number of hydrogen-bond donors (Lipinski definition) is 1. The van der Waals surface area contributed by atoms with E-state index in [0.717, 1.165) is 0 Å². The summed E-state index contributed by atoms with van der Waals surface area (Å²) in [4.78, 5) is 13.5. The van der Waals surface area contributed by atoms with Crippen molar-refractivity contribution in [1.29, 1.82) is 0 Å². The summed E-state index contributed by atoms with van der Waals surface area (Å²) in [6.07, 6.45) is -3.72. The minimum absolute atomic E-state index is 0.0680. The maximum atomic E-state index is 13.2. The summed E-state index contributed by atoms with van der Waals surface area (Å²) in [5.41, 5.74) is 5.71. The predicted molar refractivity (Wildman–Crippen MR) is 87.7 cm³/mol. The highest BCUT2D eigenvalue weighted by atomic mass is 19.4. The number of halogens is 3. The van der Waals surface area contributed by atoms with E-state index in [1.807, 2.05) is 0 Å². The summed E-state index contributed by atoms with van der Waals surface area (Å²) >= 11 is 0. The van der Waals surface area contributed by atoms with Gasteiger partial charge in [0.25, 0.3) is 5.91 Å². The Bertz CT molecular complexity index is 817. The molecule has 1 aliphatic rings. The number of nitrogens with zero attached hydrogens (tertiary/aromatic N) is 3. The van der Waals surface area contributed by atoms with Crippen molar-refractivity contribution >= 4 is 5.91 Å². The maximum absolute atomic E-state index is 13.2. The molecule has 0 fully saturated rings. The fourth-order valence-corrected chi connectivity index (χ4v) is 2.90. The number of ether oxygens (including phenoxy) is 1. The molecular formula is C17H19F3N4O2. The number of fused-ring (bicyclic) bond motifs is 1. The molecular weight excluding hydrogens is 349 g/mol. The second-order valence-corrected chi connectivity index (χ2v) is 6.13. The number of alkyl halides is 3. The lowest BCUT2D eigenvalue weighted by atomic mass is 10.1. The minimum atomic E-state index is -4.53. The molecule has 0 radical (unpaired) electrons. The monoisotopic (exact) mass is 368 g/mol. The fraction of sp³-hybridized carbons (Fsp3) is 0.412. The van der Waals surface area contributed by atoms with E-state index in [-0.39, 0.29) is 37.0 Å². The molecule has 6 nitrogen and oxygen atoms in total. The van der Waals surface area contributed by atoms with Gasteiger partial charge in [0.1, 0.15) is 0 Å². The van der Waals surface area contributed by atoms with Crippen LogP contribution in [0.15, 0.2) is 24.3 Å². The van der Waals surface area contributed by atoms with E-state index in [9.17, 15) is 18.0 Å². The van der Waals surface area contributed by atoms with Gasteiger partial charge in [-0.2, -0.15) is 18.3 Å². The Hall–Kier alpha value is -2.55. The van der Waals surface area contributed by atoms with Gasteiger partial charge in [0.2, 0.25) is 5.88 Å². The fourth-order valence-electron chi connectivity index (χ4n) is 2.90. The molecule has 1 amide bonds.